The maximum absolute atomic E-state index is 12.9. The van der Waals surface area contributed by atoms with E-state index in [9.17, 15) is 26.4 Å². The van der Waals surface area contributed by atoms with Crippen LogP contribution < -0.4 is 30.7 Å². The van der Waals surface area contributed by atoms with Gasteiger partial charge in [-0.05, 0) is 120 Å². The van der Waals surface area contributed by atoms with Crippen LogP contribution >= 0.6 is 46.4 Å². The summed E-state index contributed by atoms with van der Waals surface area (Å²) in [5.41, 5.74) is 7.13. The van der Waals surface area contributed by atoms with Crippen molar-refractivity contribution in [3.8, 4) is 0 Å². The van der Waals surface area contributed by atoms with Gasteiger partial charge in [0.15, 0.2) is 0 Å². The Hall–Kier alpha value is -4.70. The number of rotatable bonds is 32. The Morgan fingerprint density at radius 3 is 1.12 bits per heavy atom. The number of urea groups is 2. The molecule has 0 unspecified atom stereocenters. The molecule has 2 heterocycles. The predicted octanol–water partition coefficient (Wildman–Crippen LogP) is 7.75. The zero-order valence-corrected chi connectivity index (χ0v) is 50.3. The summed E-state index contributed by atoms with van der Waals surface area (Å²) in [7, 11) is -3.44. The maximum Gasteiger partial charge on any atom is 0.319 e. The van der Waals surface area contributed by atoms with Crippen molar-refractivity contribution >= 4 is 89.9 Å². The second-order valence-corrected chi connectivity index (χ2v) is 24.6. The molecule has 5 aromatic carbocycles. The van der Waals surface area contributed by atoms with Gasteiger partial charge < -0.3 is 59.5 Å². The van der Waals surface area contributed by atoms with Crippen molar-refractivity contribution in [3.63, 3.8) is 0 Å². The molecule has 7 rings (SSSR count). The number of carbonyl (C=O) groups excluding carboxylic acids is 2. The quantitative estimate of drug-likeness (QED) is 0.0226. The van der Waals surface area contributed by atoms with Crippen LogP contribution in [0.1, 0.15) is 45.2 Å². The van der Waals surface area contributed by atoms with Crippen LogP contribution in [0.5, 0.6) is 0 Å². The van der Waals surface area contributed by atoms with Crippen molar-refractivity contribution in [3.05, 3.63) is 151 Å². The molecule has 26 heteroatoms. The topological polar surface area (TPSA) is 236 Å². The fraction of sp³-hybridized carbons (Fsp3) is 0.429. The summed E-state index contributed by atoms with van der Waals surface area (Å²) in [5, 5.41) is 13.2. The number of nitrogens with zero attached hydrogens (tertiary/aromatic N) is 2. The first-order chi connectivity index (χ1) is 39.5. The predicted molar refractivity (Wildman–Crippen MR) is 318 cm³/mol. The highest BCUT2D eigenvalue weighted by Crippen LogP contribution is 2.40. The molecule has 4 amide bonds. The molecule has 5 aromatic rings. The number of amides is 4. The van der Waals surface area contributed by atoms with Gasteiger partial charge in [0.2, 0.25) is 20.0 Å². The zero-order chi connectivity index (χ0) is 58.5. The Balaban J connectivity index is 0.627. The lowest BCUT2D eigenvalue weighted by Gasteiger charge is -2.33. The van der Waals surface area contributed by atoms with Gasteiger partial charge in [-0.15, -0.1) is 0 Å². The van der Waals surface area contributed by atoms with Gasteiger partial charge >= 0.3 is 12.1 Å². The molecule has 0 fully saturated rings. The summed E-state index contributed by atoms with van der Waals surface area (Å²) in [6.45, 7) is 6.84. The van der Waals surface area contributed by atoms with Crippen LogP contribution in [0, 0.1) is 0 Å². The van der Waals surface area contributed by atoms with Gasteiger partial charge in [-0.25, -0.2) is 35.9 Å². The van der Waals surface area contributed by atoms with E-state index in [4.69, 9.17) is 74.8 Å². The number of sulfonamides is 2. The molecule has 2 aliphatic rings. The number of carbonyl (C=O) groups is 2. The summed E-state index contributed by atoms with van der Waals surface area (Å²) < 4.78 is 90.0. The second kappa shape index (κ2) is 32.5. The van der Waals surface area contributed by atoms with Crippen LogP contribution in [-0.2, 0) is 61.6 Å². The Bertz CT molecular complexity index is 2890. The molecule has 0 saturated heterocycles. The third kappa shape index (κ3) is 20.2. The molecule has 6 N–H and O–H groups in total. The standard InChI is InChI=1S/C56H70Cl4N8O12S2/c1-67-35-49(47-31-41(57)33-53(59)51(47)37-67)39-3-11-45(12-4-39)81(71,72)63-17-21-77-25-29-79-27-23-75-19-15-61-55(69)65-43-7-9-44(10-8-43)66-56(70)62-16-20-76-24-28-80-30-26-78-22-18-64-82(73,74)46-13-5-40(6-14-46)50-36-68(2)38-52-48(50)32-42(58)34-54(52)60/h3-14,31-34,49-50,63-64H,15-30,35-38H2,1-2H3,(H2,61,65,69)(H2,62,66,70)/t49-,50-/m0/s1. The third-order valence-electron chi connectivity index (χ3n) is 13.2. The van der Waals surface area contributed by atoms with E-state index < -0.39 is 32.1 Å². The number of hydrogen-bond acceptors (Lipinski definition) is 14. The molecule has 2 atom stereocenters. The smallest absolute Gasteiger partial charge is 0.319 e. The Morgan fingerprint density at radius 2 is 0.780 bits per heavy atom. The zero-order valence-electron chi connectivity index (χ0n) is 45.7. The van der Waals surface area contributed by atoms with Gasteiger partial charge in [0.1, 0.15) is 0 Å². The Kier molecular flexibility index (Phi) is 25.7. The lowest BCUT2D eigenvalue weighted by Crippen LogP contribution is -2.32. The summed E-state index contributed by atoms with van der Waals surface area (Å²) >= 11 is 25.6. The molecule has 0 aliphatic carbocycles. The van der Waals surface area contributed by atoms with Crippen molar-refractivity contribution in [2.24, 2.45) is 0 Å². The maximum atomic E-state index is 12.9. The number of anilines is 2. The number of hydrogen-bond donors (Lipinski definition) is 6. The van der Waals surface area contributed by atoms with Crippen LogP contribution in [-0.4, -0.2) is 171 Å². The third-order valence-corrected chi connectivity index (χ3v) is 17.3. The highest BCUT2D eigenvalue weighted by molar-refractivity contribution is 7.89. The number of nitrogens with one attached hydrogen (secondary N) is 6. The first-order valence-corrected chi connectivity index (χ1v) is 31.1. The van der Waals surface area contributed by atoms with Crippen molar-refractivity contribution in [2.75, 3.05) is 143 Å². The van der Waals surface area contributed by atoms with Crippen LogP contribution in [0.3, 0.4) is 0 Å². The van der Waals surface area contributed by atoms with E-state index >= 15 is 0 Å². The first kappa shape index (κ1) is 64.9. The van der Waals surface area contributed by atoms with Crippen LogP contribution in [0.4, 0.5) is 21.0 Å². The van der Waals surface area contributed by atoms with Crippen molar-refractivity contribution in [1.82, 2.24) is 29.9 Å². The minimum Gasteiger partial charge on any atom is -0.378 e. The SMILES string of the molecule is CN1Cc2c(Cl)cc(Cl)cc2[C@H](c2ccc(S(=O)(=O)NCCOCCOCCOCCNC(=O)Nc3ccc(NC(=O)NCCOCCOCCOCCNS(=O)(=O)c4ccc([C@@H]5CN(C)Cc6c(Cl)cc(Cl)cc65)cc4)cc3)cc2)C1. The average Bonchev–Trinajstić information content (AvgIpc) is 3.65. The lowest BCUT2D eigenvalue weighted by molar-refractivity contribution is 0.0165. The largest absolute Gasteiger partial charge is 0.378 e. The summed E-state index contributed by atoms with van der Waals surface area (Å²) in [4.78, 5) is 29.4. The minimum absolute atomic E-state index is 0.000146. The average molecular weight is 1250 g/mol. The van der Waals surface area contributed by atoms with Crippen LogP contribution in [0.25, 0.3) is 0 Å². The molecule has 20 nitrogen and oxygen atoms in total. The number of fused-ring (bicyclic) bond motifs is 2. The van der Waals surface area contributed by atoms with Crippen molar-refractivity contribution in [2.45, 2.75) is 34.7 Å². The number of ether oxygens (including phenoxy) is 6. The molecule has 0 saturated carbocycles. The summed E-state index contributed by atoms with van der Waals surface area (Å²) in [6.07, 6.45) is 0. The van der Waals surface area contributed by atoms with E-state index in [1.807, 2.05) is 50.5 Å². The fourth-order valence-corrected chi connectivity index (χ4v) is 12.4. The van der Waals surface area contributed by atoms with E-state index in [1.54, 1.807) is 60.7 Å². The van der Waals surface area contributed by atoms with Crippen molar-refractivity contribution in [1.29, 1.82) is 0 Å². The van der Waals surface area contributed by atoms with Gasteiger partial charge in [-0.3, -0.25) is 0 Å². The van der Waals surface area contributed by atoms with Gasteiger partial charge in [0.25, 0.3) is 0 Å². The van der Waals surface area contributed by atoms with E-state index in [0.717, 1.165) is 46.5 Å². The summed E-state index contributed by atoms with van der Waals surface area (Å²) in [5.74, 6) is -0.000292. The van der Waals surface area contributed by atoms with Gasteiger partial charge in [0, 0.05) is 95.7 Å². The molecular weight excluding hydrogens is 1180 g/mol. The Labute approximate surface area is 500 Å². The molecule has 0 spiro atoms. The molecule has 2 aliphatic heterocycles. The molecule has 82 heavy (non-hydrogen) atoms. The first-order valence-electron chi connectivity index (χ1n) is 26.6. The number of benzene rings is 5. The van der Waals surface area contributed by atoms with Crippen LogP contribution in [0.2, 0.25) is 20.1 Å². The molecule has 0 radical (unpaired) electrons. The highest BCUT2D eigenvalue weighted by Gasteiger charge is 2.29. The van der Waals surface area contributed by atoms with E-state index in [-0.39, 0.29) is 87.4 Å². The van der Waals surface area contributed by atoms with E-state index in [2.05, 4.69) is 40.5 Å². The second-order valence-electron chi connectivity index (χ2n) is 19.4. The normalized spacial score (nSPS) is 15.6. The van der Waals surface area contributed by atoms with Gasteiger partial charge in [0.05, 0.1) is 89.1 Å². The van der Waals surface area contributed by atoms with Gasteiger partial charge in [-0.1, -0.05) is 70.7 Å². The monoisotopic (exact) mass is 1250 g/mol. The van der Waals surface area contributed by atoms with Crippen LogP contribution in [0.15, 0.2) is 107 Å². The molecule has 446 valence electrons. The van der Waals surface area contributed by atoms with E-state index in [1.165, 1.54) is 0 Å². The van der Waals surface area contributed by atoms with Gasteiger partial charge in [-0.2, -0.15) is 0 Å². The molecule has 0 aromatic heterocycles. The highest BCUT2D eigenvalue weighted by atomic mass is 35.5. The van der Waals surface area contributed by atoms with E-state index in [0.29, 0.717) is 84.2 Å². The fourth-order valence-electron chi connectivity index (χ4n) is 9.23. The van der Waals surface area contributed by atoms with Crippen molar-refractivity contribution < 1.29 is 54.8 Å². The number of halogens is 4. The summed E-state index contributed by atoms with van der Waals surface area (Å²) in [6, 6.07) is 26.8. The molecule has 0 bridgehead atoms. The molecular formula is C56H70Cl4N8O12S2. The lowest BCUT2D eigenvalue weighted by atomic mass is 9.85. The number of likely N-dealkylation sites (N-methyl/N-ethyl adjacent to an activating group) is 2. The minimum atomic E-state index is -3.74. The Morgan fingerprint density at radius 1 is 0.463 bits per heavy atom.